The molecule has 3 rings (SSSR count). The molecule has 0 saturated heterocycles. The molecule has 1 amide bonds. The second-order valence-corrected chi connectivity index (χ2v) is 5.27. The Morgan fingerprint density at radius 3 is 2.94 bits per heavy atom. The van der Waals surface area contributed by atoms with Crippen LogP contribution in [0.4, 0.5) is 0 Å². The second kappa shape index (κ2) is 4.00. The Morgan fingerprint density at radius 2 is 2.18 bits per heavy atom. The average molecular weight is 243 g/mol. The summed E-state index contributed by atoms with van der Waals surface area (Å²) in [6.45, 7) is 0.819. The highest BCUT2D eigenvalue weighted by Gasteiger charge is 2.21. The van der Waals surface area contributed by atoms with E-state index >= 15 is 0 Å². The lowest BCUT2D eigenvalue weighted by molar-refractivity contribution is 0.0781. The standard InChI is InChI=1S/C14H13NOS/c1-15-7-6-10-9-11(13-3-2-8-17-13)4-5-12(10)14(15)16/h2-5,8-9H,6-7H2,1H3. The lowest BCUT2D eigenvalue weighted by atomic mass is 9.96. The molecular weight excluding hydrogens is 230 g/mol. The van der Waals surface area contributed by atoms with E-state index in [9.17, 15) is 4.79 Å². The van der Waals surface area contributed by atoms with Crippen molar-refractivity contribution >= 4 is 17.2 Å². The first-order valence-electron chi connectivity index (χ1n) is 5.68. The van der Waals surface area contributed by atoms with E-state index in [1.807, 2.05) is 19.2 Å². The van der Waals surface area contributed by atoms with Crippen molar-refractivity contribution < 1.29 is 4.79 Å². The Balaban J connectivity index is 2.06. The predicted molar refractivity (Wildman–Crippen MR) is 70.4 cm³/mol. The van der Waals surface area contributed by atoms with Crippen LogP contribution in [0, 0.1) is 0 Å². The molecule has 2 nitrogen and oxygen atoms in total. The zero-order valence-electron chi connectivity index (χ0n) is 9.64. The molecule has 1 aliphatic rings. The molecule has 0 bridgehead atoms. The summed E-state index contributed by atoms with van der Waals surface area (Å²) in [7, 11) is 1.86. The molecule has 2 aromatic rings. The number of carbonyl (C=O) groups excluding carboxylic acids is 1. The summed E-state index contributed by atoms with van der Waals surface area (Å²) in [6, 6.07) is 10.3. The Morgan fingerprint density at radius 1 is 1.29 bits per heavy atom. The third-order valence-corrected chi connectivity index (χ3v) is 4.12. The number of amides is 1. The van der Waals surface area contributed by atoms with Gasteiger partial charge in [0.2, 0.25) is 0 Å². The molecule has 0 aliphatic carbocycles. The summed E-state index contributed by atoms with van der Waals surface area (Å²) in [6.07, 6.45) is 0.955. The lowest BCUT2D eigenvalue weighted by Crippen LogP contribution is -2.34. The average Bonchev–Trinajstić information content (AvgIpc) is 2.87. The highest BCUT2D eigenvalue weighted by Crippen LogP contribution is 2.28. The fraction of sp³-hybridized carbons (Fsp3) is 0.214. The molecule has 86 valence electrons. The van der Waals surface area contributed by atoms with Crippen molar-refractivity contribution in [3.63, 3.8) is 0 Å². The van der Waals surface area contributed by atoms with E-state index in [1.165, 1.54) is 16.0 Å². The first kappa shape index (κ1) is 10.5. The van der Waals surface area contributed by atoms with E-state index < -0.39 is 0 Å². The maximum absolute atomic E-state index is 11.9. The van der Waals surface area contributed by atoms with Crippen molar-refractivity contribution in [1.82, 2.24) is 4.90 Å². The first-order chi connectivity index (χ1) is 8.25. The zero-order chi connectivity index (χ0) is 11.8. The molecule has 0 saturated carbocycles. The van der Waals surface area contributed by atoms with E-state index in [4.69, 9.17) is 0 Å². The van der Waals surface area contributed by atoms with Crippen molar-refractivity contribution in [1.29, 1.82) is 0 Å². The quantitative estimate of drug-likeness (QED) is 0.754. The first-order valence-corrected chi connectivity index (χ1v) is 6.56. The third-order valence-electron chi connectivity index (χ3n) is 3.20. The van der Waals surface area contributed by atoms with Gasteiger partial charge in [-0.25, -0.2) is 0 Å². The van der Waals surface area contributed by atoms with Crippen LogP contribution in [0.1, 0.15) is 15.9 Å². The van der Waals surface area contributed by atoms with E-state index in [1.54, 1.807) is 16.2 Å². The Kier molecular flexibility index (Phi) is 2.48. The Bertz CT molecular complexity index is 560. The van der Waals surface area contributed by atoms with Crippen LogP contribution in [-0.2, 0) is 6.42 Å². The molecule has 0 fully saturated rings. The minimum atomic E-state index is 0.143. The van der Waals surface area contributed by atoms with Crippen molar-refractivity contribution in [2.24, 2.45) is 0 Å². The highest BCUT2D eigenvalue weighted by molar-refractivity contribution is 7.13. The van der Waals surface area contributed by atoms with Crippen molar-refractivity contribution in [2.75, 3.05) is 13.6 Å². The van der Waals surface area contributed by atoms with Gasteiger partial charge in [0.05, 0.1) is 0 Å². The second-order valence-electron chi connectivity index (χ2n) is 4.33. The molecule has 2 heterocycles. The molecule has 3 heteroatoms. The van der Waals surface area contributed by atoms with Gasteiger partial charge in [0.25, 0.3) is 5.91 Å². The van der Waals surface area contributed by atoms with Gasteiger partial charge in [-0.3, -0.25) is 4.79 Å². The predicted octanol–water partition coefficient (Wildman–Crippen LogP) is 3.04. The van der Waals surface area contributed by atoms with Gasteiger partial charge < -0.3 is 4.90 Å². The summed E-state index contributed by atoms with van der Waals surface area (Å²) in [5, 5.41) is 2.08. The van der Waals surface area contributed by atoms with Crippen molar-refractivity contribution in [3.8, 4) is 10.4 Å². The maximum Gasteiger partial charge on any atom is 0.253 e. The Hall–Kier alpha value is -1.61. The maximum atomic E-state index is 11.9. The van der Waals surface area contributed by atoms with Crippen molar-refractivity contribution in [2.45, 2.75) is 6.42 Å². The van der Waals surface area contributed by atoms with Gasteiger partial charge in [-0.15, -0.1) is 11.3 Å². The number of benzene rings is 1. The smallest absolute Gasteiger partial charge is 0.253 e. The summed E-state index contributed by atoms with van der Waals surface area (Å²) in [5.74, 6) is 0.143. The number of thiophene rings is 1. The molecular formula is C14H13NOS. The van der Waals surface area contributed by atoms with Gasteiger partial charge in [0.1, 0.15) is 0 Å². The molecule has 1 aliphatic heterocycles. The van der Waals surface area contributed by atoms with Crippen LogP contribution >= 0.6 is 11.3 Å². The molecule has 0 unspecified atom stereocenters. The summed E-state index contributed by atoms with van der Waals surface area (Å²) in [5.41, 5.74) is 3.26. The van der Waals surface area contributed by atoms with Gasteiger partial charge in [-0.05, 0) is 41.1 Å². The van der Waals surface area contributed by atoms with E-state index in [0.717, 1.165) is 18.5 Å². The summed E-state index contributed by atoms with van der Waals surface area (Å²) >= 11 is 1.73. The van der Waals surface area contributed by atoms with E-state index in [-0.39, 0.29) is 5.91 Å². The number of nitrogens with zero attached hydrogens (tertiary/aromatic N) is 1. The number of hydrogen-bond donors (Lipinski definition) is 0. The van der Waals surface area contributed by atoms with Crippen LogP contribution in [0.25, 0.3) is 10.4 Å². The molecule has 0 radical (unpaired) electrons. The monoisotopic (exact) mass is 243 g/mol. The van der Waals surface area contributed by atoms with Gasteiger partial charge in [-0.2, -0.15) is 0 Å². The van der Waals surface area contributed by atoms with Gasteiger partial charge >= 0.3 is 0 Å². The summed E-state index contributed by atoms with van der Waals surface area (Å²) < 4.78 is 0. The summed E-state index contributed by atoms with van der Waals surface area (Å²) in [4.78, 5) is 15.0. The number of fused-ring (bicyclic) bond motifs is 1. The molecule has 0 spiro atoms. The zero-order valence-corrected chi connectivity index (χ0v) is 10.5. The van der Waals surface area contributed by atoms with Crippen LogP contribution in [0.15, 0.2) is 35.7 Å². The molecule has 0 atom stereocenters. The van der Waals surface area contributed by atoms with Gasteiger partial charge in [0.15, 0.2) is 0 Å². The van der Waals surface area contributed by atoms with E-state index in [2.05, 4.69) is 23.6 Å². The van der Waals surface area contributed by atoms with Gasteiger partial charge in [0, 0.05) is 24.0 Å². The normalized spacial score (nSPS) is 14.9. The van der Waals surface area contributed by atoms with Crippen LogP contribution in [0.3, 0.4) is 0 Å². The molecule has 1 aromatic carbocycles. The van der Waals surface area contributed by atoms with Crippen LogP contribution in [-0.4, -0.2) is 24.4 Å². The molecule has 1 aromatic heterocycles. The fourth-order valence-electron chi connectivity index (χ4n) is 2.20. The fourth-order valence-corrected chi connectivity index (χ4v) is 2.92. The van der Waals surface area contributed by atoms with Crippen LogP contribution in [0.5, 0.6) is 0 Å². The van der Waals surface area contributed by atoms with E-state index in [0.29, 0.717) is 0 Å². The number of rotatable bonds is 1. The van der Waals surface area contributed by atoms with Crippen LogP contribution in [0.2, 0.25) is 0 Å². The molecule has 0 N–H and O–H groups in total. The minimum Gasteiger partial charge on any atom is -0.341 e. The van der Waals surface area contributed by atoms with Gasteiger partial charge in [-0.1, -0.05) is 12.1 Å². The highest BCUT2D eigenvalue weighted by atomic mass is 32.1. The number of hydrogen-bond acceptors (Lipinski definition) is 2. The van der Waals surface area contributed by atoms with Crippen LogP contribution < -0.4 is 0 Å². The molecule has 17 heavy (non-hydrogen) atoms. The SMILES string of the molecule is CN1CCc2cc(-c3cccs3)ccc2C1=O. The topological polar surface area (TPSA) is 20.3 Å². The largest absolute Gasteiger partial charge is 0.341 e. The Labute approximate surface area is 105 Å². The number of likely N-dealkylation sites (N-methyl/N-ethyl adjacent to an activating group) is 1. The minimum absolute atomic E-state index is 0.143. The lowest BCUT2D eigenvalue weighted by Gasteiger charge is -2.25. The third kappa shape index (κ3) is 1.76. The van der Waals surface area contributed by atoms with Crippen molar-refractivity contribution in [3.05, 3.63) is 46.8 Å². The number of carbonyl (C=O) groups is 1.